The summed E-state index contributed by atoms with van der Waals surface area (Å²) in [7, 11) is 0. The van der Waals surface area contributed by atoms with Crippen molar-refractivity contribution in [3.63, 3.8) is 0 Å². The van der Waals surface area contributed by atoms with Gasteiger partial charge in [-0.15, -0.1) is 0 Å². The lowest BCUT2D eigenvalue weighted by atomic mass is 9.83. The second-order valence-corrected chi connectivity index (χ2v) is 6.52. The highest BCUT2D eigenvalue weighted by Crippen LogP contribution is 2.31. The maximum atomic E-state index is 12.9. The first-order valence-electron chi connectivity index (χ1n) is 8.20. The zero-order valence-corrected chi connectivity index (χ0v) is 13.6. The molecule has 2 saturated heterocycles. The fourth-order valence-corrected chi connectivity index (χ4v) is 3.50. The van der Waals surface area contributed by atoms with Gasteiger partial charge in [0.25, 0.3) is 0 Å². The molecule has 0 radical (unpaired) electrons. The summed E-state index contributed by atoms with van der Waals surface area (Å²) in [5.74, 6) is 0.132. The first-order valence-corrected chi connectivity index (χ1v) is 8.20. The van der Waals surface area contributed by atoms with E-state index in [-0.39, 0.29) is 23.8 Å². The summed E-state index contributed by atoms with van der Waals surface area (Å²) >= 11 is 0. The van der Waals surface area contributed by atoms with Crippen LogP contribution in [0.5, 0.6) is 0 Å². The molecule has 120 valence electrons. The number of hydrogen-bond donors (Lipinski definition) is 1. The molecule has 0 aromatic heterocycles. The minimum atomic E-state index is -0.714. The molecule has 0 aromatic carbocycles. The van der Waals surface area contributed by atoms with Gasteiger partial charge in [-0.25, -0.2) is 0 Å². The highest BCUT2D eigenvalue weighted by atomic mass is 16.5. The Kier molecular flexibility index (Phi) is 4.91. The fraction of sp³-hybridized carbons (Fsp3) is 0.875. The Morgan fingerprint density at radius 1 is 1.33 bits per heavy atom. The molecule has 2 atom stereocenters. The molecule has 21 heavy (non-hydrogen) atoms. The Morgan fingerprint density at radius 3 is 2.48 bits per heavy atom. The summed E-state index contributed by atoms with van der Waals surface area (Å²) in [5, 5.41) is 2.94. The number of rotatable bonds is 5. The number of nitrogens with zero attached hydrogens (tertiary/aromatic N) is 1. The van der Waals surface area contributed by atoms with Crippen molar-refractivity contribution in [1.29, 1.82) is 0 Å². The third kappa shape index (κ3) is 2.80. The van der Waals surface area contributed by atoms with Gasteiger partial charge in [-0.05, 0) is 31.6 Å². The van der Waals surface area contributed by atoms with Gasteiger partial charge >= 0.3 is 0 Å². The highest BCUT2D eigenvalue weighted by molar-refractivity contribution is 6.00. The van der Waals surface area contributed by atoms with Crippen molar-refractivity contribution in [3.8, 4) is 0 Å². The number of hydrogen-bond acceptors (Lipinski definition) is 3. The second kappa shape index (κ2) is 6.34. The van der Waals surface area contributed by atoms with Crippen molar-refractivity contribution in [2.24, 2.45) is 5.92 Å². The molecule has 5 nitrogen and oxygen atoms in total. The van der Waals surface area contributed by atoms with Gasteiger partial charge in [0, 0.05) is 13.2 Å². The normalized spacial score (nSPS) is 29.1. The molecule has 0 aliphatic carbocycles. The lowest BCUT2D eigenvalue weighted by Crippen LogP contribution is -2.72. The number of amides is 2. The standard InChI is InChI=1S/C16H28N2O3/c1-5-16(6-2)15(20)17-13(11(3)4)14(19)18(16)10-12-8-7-9-21-12/h11-13H,5-10H2,1-4H3,(H,17,20). The van der Waals surface area contributed by atoms with Crippen LogP contribution < -0.4 is 5.32 Å². The van der Waals surface area contributed by atoms with Gasteiger partial charge in [-0.1, -0.05) is 27.7 Å². The van der Waals surface area contributed by atoms with E-state index in [0.29, 0.717) is 19.4 Å². The number of ether oxygens (including phenoxy) is 1. The monoisotopic (exact) mass is 296 g/mol. The number of carbonyl (C=O) groups is 2. The molecule has 0 aromatic rings. The van der Waals surface area contributed by atoms with Crippen molar-refractivity contribution < 1.29 is 14.3 Å². The molecule has 2 fully saturated rings. The molecule has 5 heteroatoms. The number of carbonyl (C=O) groups excluding carboxylic acids is 2. The van der Waals surface area contributed by atoms with Gasteiger partial charge < -0.3 is 15.0 Å². The summed E-state index contributed by atoms with van der Waals surface area (Å²) in [6, 6.07) is -0.412. The van der Waals surface area contributed by atoms with Crippen molar-refractivity contribution in [1.82, 2.24) is 10.2 Å². The van der Waals surface area contributed by atoms with Gasteiger partial charge in [0.1, 0.15) is 11.6 Å². The largest absolute Gasteiger partial charge is 0.376 e. The van der Waals surface area contributed by atoms with Crippen LogP contribution in [0.1, 0.15) is 53.4 Å². The highest BCUT2D eigenvalue weighted by Gasteiger charge is 2.51. The Morgan fingerprint density at radius 2 is 2.00 bits per heavy atom. The average Bonchev–Trinajstić information content (AvgIpc) is 2.96. The molecule has 2 heterocycles. The summed E-state index contributed by atoms with van der Waals surface area (Å²) in [6.45, 7) is 9.20. The maximum Gasteiger partial charge on any atom is 0.246 e. The van der Waals surface area contributed by atoms with Crippen LogP contribution in [-0.4, -0.2) is 47.6 Å². The van der Waals surface area contributed by atoms with Gasteiger partial charge in [-0.3, -0.25) is 9.59 Å². The van der Waals surface area contributed by atoms with E-state index in [4.69, 9.17) is 4.74 Å². The van der Waals surface area contributed by atoms with Crippen LogP contribution in [0.3, 0.4) is 0 Å². The van der Waals surface area contributed by atoms with E-state index in [1.165, 1.54) is 0 Å². The zero-order chi connectivity index (χ0) is 15.6. The van der Waals surface area contributed by atoms with Crippen LogP contribution in [0.25, 0.3) is 0 Å². The molecule has 2 aliphatic heterocycles. The topological polar surface area (TPSA) is 58.6 Å². The van der Waals surface area contributed by atoms with Crippen LogP contribution >= 0.6 is 0 Å². The predicted molar refractivity (Wildman–Crippen MR) is 80.8 cm³/mol. The van der Waals surface area contributed by atoms with Crippen LogP contribution in [0.2, 0.25) is 0 Å². The Hall–Kier alpha value is -1.10. The number of piperazine rings is 1. The Labute approximate surface area is 127 Å². The van der Waals surface area contributed by atoms with E-state index < -0.39 is 11.6 Å². The zero-order valence-electron chi connectivity index (χ0n) is 13.6. The SMILES string of the molecule is CCC1(CC)C(=O)NC(C(C)C)C(=O)N1CC1CCCO1. The molecule has 0 saturated carbocycles. The van der Waals surface area contributed by atoms with Gasteiger partial charge in [0.2, 0.25) is 11.8 Å². The molecule has 2 amide bonds. The van der Waals surface area contributed by atoms with Crippen LogP contribution in [-0.2, 0) is 14.3 Å². The summed E-state index contributed by atoms with van der Waals surface area (Å²) in [6.07, 6.45) is 3.36. The lowest BCUT2D eigenvalue weighted by molar-refractivity contribution is -0.161. The van der Waals surface area contributed by atoms with E-state index in [9.17, 15) is 9.59 Å². The summed E-state index contributed by atoms with van der Waals surface area (Å²) in [5.41, 5.74) is -0.714. The van der Waals surface area contributed by atoms with E-state index in [1.807, 2.05) is 32.6 Å². The first kappa shape index (κ1) is 16.3. The van der Waals surface area contributed by atoms with Gasteiger partial charge in [0.05, 0.1) is 6.10 Å². The smallest absolute Gasteiger partial charge is 0.246 e. The third-order valence-corrected chi connectivity index (χ3v) is 5.00. The quantitative estimate of drug-likeness (QED) is 0.840. The van der Waals surface area contributed by atoms with Crippen LogP contribution in [0, 0.1) is 5.92 Å². The van der Waals surface area contributed by atoms with Crippen molar-refractivity contribution in [2.75, 3.05) is 13.2 Å². The third-order valence-electron chi connectivity index (χ3n) is 5.00. The lowest BCUT2D eigenvalue weighted by Gasteiger charge is -2.49. The van der Waals surface area contributed by atoms with Crippen molar-refractivity contribution in [2.45, 2.75) is 71.1 Å². The van der Waals surface area contributed by atoms with E-state index >= 15 is 0 Å². The average molecular weight is 296 g/mol. The maximum absolute atomic E-state index is 12.9. The summed E-state index contributed by atoms with van der Waals surface area (Å²) < 4.78 is 5.69. The first-order chi connectivity index (χ1) is 9.96. The number of nitrogens with one attached hydrogen (secondary N) is 1. The van der Waals surface area contributed by atoms with Crippen molar-refractivity contribution in [3.05, 3.63) is 0 Å². The van der Waals surface area contributed by atoms with Gasteiger partial charge in [0.15, 0.2) is 0 Å². The molecular weight excluding hydrogens is 268 g/mol. The molecule has 1 N–H and O–H groups in total. The Balaban J connectivity index is 2.29. The molecule has 0 bridgehead atoms. The van der Waals surface area contributed by atoms with E-state index in [2.05, 4.69) is 5.32 Å². The van der Waals surface area contributed by atoms with E-state index in [1.54, 1.807) is 0 Å². The Bertz CT molecular complexity index is 398. The van der Waals surface area contributed by atoms with Crippen LogP contribution in [0.4, 0.5) is 0 Å². The molecule has 2 aliphatic rings. The fourth-order valence-electron chi connectivity index (χ4n) is 3.50. The second-order valence-electron chi connectivity index (χ2n) is 6.52. The van der Waals surface area contributed by atoms with Crippen LogP contribution in [0.15, 0.2) is 0 Å². The minimum Gasteiger partial charge on any atom is -0.376 e. The van der Waals surface area contributed by atoms with E-state index in [0.717, 1.165) is 19.4 Å². The van der Waals surface area contributed by atoms with Crippen molar-refractivity contribution >= 4 is 11.8 Å². The molecule has 2 rings (SSSR count). The minimum absolute atomic E-state index is 0.0104. The summed E-state index contributed by atoms with van der Waals surface area (Å²) in [4.78, 5) is 27.4. The molecule has 2 unspecified atom stereocenters. The molecule has 0 spiro atoms. The molecular formula is C16H28N2O3. The predicted octanol–water partition coefficient (Wildman–Crippen LogP) is 1.71. The van der Waals surface area contributed by atoms with Gasteiger partial charge in [-0.2, -0.15) is 0 Å².